The average molecular weight is 313 g/mol. The molecule has 1 fully saturated rings. The van der Waals surface area contributed by atoms with E-state index in [1.54, 1.807) is 12.5 Å². The fourth-order valence-electron chi connectivity index (χ4n) is 3.14. The van der Waals surface area contributed by atoms with E-state index in [0.29, 0.717) is 12.3 Å². The predicted octanol–water partition coefficient (Wildman–Crippen LogP) is 2.17. The molecule has 0 bridgehead atoms. The Morgan fingerprint density at radius 2 is 2.30 bits per heavy atom. The van der Waals surface area contributed by atoms with Gasteiger partial charge in [0.2, 0.25) is 5.91 Å². The first-order chi connectivity index (χ1) is 11.2. The van der Waals surface area contributed by atoms with Crippen molar-refractivity contribution in [2.24, 2.45) is 0 Å². The van der Waals surface area contributed by atoms with Crippen molar-refractivity contribution in [3.8, 4) is 0 Å². The number of aryl methyl sites for hydroxylation is 2. The van der Waals surface area contributed by atoms with Crippen LogP contribution < -0.4 is 0 Å². The Labute approximate surface area is 136 Å². The van der Waals surface area contributed by atoms with E-state index >= 15 is 0 Å². The number of piperidine rings is 1. The number of amides is 1. The molecule has 0 radical (unpaired) electrons. The SMILES string of the molecule is Cc1nccc([C@@H]2CCCN(C(=O)CCCn3ccnc3)C2)n1. The van der Waals surface area contributed by atoms with Crippen molar-refractivity contribution in [3.63, 3.8) is 0 Å². The van der Waals surface area contributed by atoms with E-state index in [0.717, 1.165) is 50.4 Å². The summed E-state index contributed by atoms with van der Waals surface area (Å²) >= 11 is 0. The third kappa shape index (κ3) is 4.15. The Balaban J connectivity index is 1.52. The molecular formula is C17H23N5O. The highest BCUT2D eigenvalue weighted by Crippen LogP contribution is 2.25. The summed E-state index contributed by atoms with van der Waals surface area (Å²) in [5.41, 5.74) is 1.06. The highest BCUT2D eigenvalue weighted by atomic mass is 16.2. The number of hydrogen-bond acceptors (Lipinski definition) is 4. The first-order valence-corrected chi connectivity index (χ1v) is 8.25. The number of nitrogens with zero attached hydrogens (tertiary/aromatic N) is 5. The first-order valence-electron chi connectivity index (χ1n) is 8.25. The van der Waals surface area contributed by atoms with E-state index in [-0.39, 0.29) is 5.91 Å². The largest absolute Gasteiger partial charge is 0.342 e. The lowest BCUT2D eigenvalue weighted by atomic mass is 9.94. The molecule has 1 saturated heterocycles. The van der Waals surface area contributed by atoms with Gasteiger partial charge in [-0.25, -0.2) is 15.0 Å². The molecule has 0 aliphatic carbocycles. The van der Waals surface area contributed by atoms with Crippen LogP contribution in [0.3, 0.4) is 0 Å². The molecule has 3 heterocycles. The van der Waals surface area contributed by atoms with Gasteiger partial charge in [0.05, 0.1) is 6.33 Å². The molecule has 122 valence electrons. The highest BCUT2D eigenvalue weighted by Gasteiger charge is 2.25. The molecule has 6 nitrogen and oxygen atoms in total. The normalized spacial score (nSPS) is 18.1. The minimum atomic E-state index is 0.251. The van der Waals surface area contributed by atoms with E-state index in [9.17, 15) is 4.79 Å². The zero-order valence-electron chi connectivity index (χ0n) is 13.6. The summed E-state index contributed by atoms with van der Waals surface area (Å²) in [6, 6.07) is 1.98. The molecule has 0 saturated carbocycles. The van der Waals surface area contributed by atoms with Crippen molar-refractivity contribution in [3.05, 3.63) is 42.5 Å². The van der Waals surface area contributed by atoms with Crippen LogP contribution in [0.4, 0.5) is 0 Å². The zero-order chi connectivity index (χ0) is 16.1. The quantitative estimate of drug-likeness (QED) is 0.848. The van der Waals surface area contributed by atoms with Crippen molar-refractivity contribution in [1.29, 1.82) is 0 Å². The molecule has 0 N–H and O–H groups in total. The second kappa shape index (κ2) is 7.35. The number of rotatable bonds is 5. The predicted molar refractivity (Wildman–Crippen MR) is 86.8 cm³/mol. The van der Waals surface area contributed by atoms with E-state index < -0.39 is 0 Å². The summed E-state index contributed by atoms with van der Waals surface area (Å²) in [4.78, 5) is 27.1. The van der Waals surface area contributed by atoms with Crippen LogP contribution in [0.5, 0.6) is 0 Å². The van der Waals surface area contributed by atoms with Crippen LogP contribution in [0.2, 0.25) is 0 Å². The lowest BCUT2D eigenvalue weighted by Gasteiger charge is -2.32. The molecule has 23 heavy (non-hydrogen) atoms. The Bertz CT molecular complexity index is 640. The van der Waals surface area contributed by atoms with Gasteiger partial charge in [-0.15, -0.1) is 0 Å². The maximum Gasteiger partial charge on any atom is 0.222 e. The molecule has 1 atom stereocenters. The molecule has 6 heteroatoms. The molecular weight excluding hydrogens is 290 g/mol. The van der Waals surface area contributed by atoms with Crippen LogP contribution in [0.15, 0.2) is 31.0 Å². The Morgan fingerprint density at radius 1 is 1.39 bits per heavy atom. The highest BCUT2D eigenvalue weighted by molar-refractivity contribution is 5.76. The summed E-state index contributed by atoms with van der Waals surface area (Å²) < 4.78 is 2.01. The molecule has 1 aliphatic rings. The summed E-state index contributed by atoms with van der Waals surface area (Å²) in [6.07, 6.45) is 10.9. The minimum Gasteiger partial charge on any atom is -0.342 e. The molecule has 2 aromatic heterocycles. The molecule has 0 spiro atoms. The van der Waals surface area contributed by atoms with E-state index in [4.69, 9.17) is 0 Å². The van der Waals surface area contributed by atoms with Crippen LogP contribution in [0, 0.1) is 6.92 Å². The minimum absolute atomic E-state index is 0.251. The third-order valence-electron chi connectivity index (χ3n) is 4.36. The summed E-state index contributed by atoms with van der Waals surface area (Å²) in [5, 5.41) is 0. The van der Waals surface area contributed by atoms with Crippen LogP contribution >= 0.6 is 0 Å². The van der Waals surface area contributed by atoms with Gasteiger partial charge in [-0.05, 0) is 32.3 Å². The standard InChI is InChI=1S/C17H23N5O/c1-14-19-7-6-16(20-14)15-4-2-10-22(12-15)17(23)5-3-9-21-11-8-18-13-21/h6-8,11,13,15H,2-5,9-10,12H2,1H3/t15-/m1/s1. The number of carbonyl (C=O) groups is 1. The topological polar surface area (TPSA) is 63.9 Å². The van der Waals surface area contributed by atoms with Gasteiger partial charge >= 0.3 is 0 Å². The third-order valence-corrected chi connectivity index (χ3v) is 4.36. The summed E-state index contributed by atoms with van der Waals surface area (Å²) in [7, 11) is 0. The van der Waals surface area contributed by atoms with Crippen molar-refractivity contribution in [2.45, 2.75) is 45.1 Å². The second-order valence-corrected chi connectivity index (χ2v) is 6.11. The molecule has 0 aromatic carbocycles. The van der Waals surface area contributed by atoms with Crippen LogP contribution in [0.25, 0.3) is 0 Å². The molecule has 1 amide bonds. The Hall–Kier alpha value is -2.24. The van der Waals surface area contributed by atoms with Crippen LogP contribution in [-0.2, 0) is 11.3 Å². The number of carbonyl (C=O) groups excluding carboxylic acids is 1. The molecule has 1 aliphatic heterocycles. The number of aromatic nitrogens is 4. The molecule has 3 rings (SSSR count). The smallest absolute Gasteiger partial charge is 0.222 e. The number of hydrogen-bond donors (Lipinski definition) is 0. The fraction of sp³-hybridized carbons (Fsp3) is 0.529. The van der Waals surface area contributed by atoms with Crippen LogP contribution in [-0.4, -0.2) is 43.4 Å². The number of imidazole rings is 1. The maximum absolute atomic E-state index is 12.4. The van der Waals surface area contributed by atoms with Crippen molar-refractivity contribution in [1.82, 2.24) is 24.4 Å². The summed E-state index contributed by atoms with van der Waals surface area (Å²) in [6.45, 7) is 4.39. The Kier molecular flexibility index (Phi) is 5.00. The zero-order valence-corrected chi connectivity index (χ0v) is 13.6. The second-order valence-electron chi connectivity index (χ2n) is 6.11. The van der Waals surface area contributed by atoms with Crippen molar-refractivity contribution < 1.29 is 4.79 Å². The van der Waals surface area contributed by atoms with Gasteiger partial charge in [-0.1, -0.05) is 0 Å². The monoisotopic (exact) mass is 313 g/mol. The van der Waals surface area contributed by atoms with Crippen LogP contribution in [0.1, 0.15) is 43.1 Å². The fourth-order valence-corrected chi connectivity index (χ4v) is 3.14. The summed E-state index contributed by atoms with van der Waals surface area (Å²) in [5.74, 6) is 1.38. The van der Waals surface area contributed by atoms with Crippen molar-refractivity contribution in [2.75, 3.05) is 13.1 Å². The van der Waals surface area contributed by atoms with Gasteiger partial charge in [0, 0.05) is 56.3 Å². The van der Waals surface area contributed by atoms with E-state index in [1.165, 1.54) is 0 Å². The van der Waals surface area contributed by atoms with Crippen molar-refractivity contribution >= 4 is 5.91 Å². The van der Waals surface area contributed by atoms with Gasteiger partial charge < -0.3 is 9.47 Å². The van der Waals surface area contributed by atoms with E-state index in [2.05, 4.69) is 15.0 Å². The lowest BCUT2D eigenvalue weighted by molar-refractivity contribution is -0.132. The van der Waals surface area contributed by atoms with Gasteiger partial charge in [0.25, 0.3) is 0 Å². The molecule has 0 unspecified atom stereocenters. The average Bonchev–Trinajstić information content (AvgIpc) is 3.08. The van der Waals surface area contributed by atoms with E-state index in [1.807, 2.05) is 34.9 Å². The van der Waals surface area contributed by atoms with Gasteiger partial charge in [0.15, 0.2) is 0 Å². The lowest BCUT2D eigenvalue weighted by Crippen LogP contribution is -2.39. The maximum atomic E-state index is 12.4. The first kappa shape index (κ1) is 15.6. The van der Waals surface area contributed by atoms with Gasteiger partial charge in [-0.2, -0.15) is 0 Å². The number of likely N-dealkylation sites (tertiary alicyclic amines) is 1. The molecule has 2 aromatic rings. The Morgan fingerprint density at radius 3 is 3.09 bits per heavy atom. The van der Waals surface area contributed by atoms with Gasteiger partial charge in [0.1, 0.15) is 5.82 Å². The van der Waals surface area contributed by atoms with Gasteiger partial charge in [-0.3, -0.25) is 4.79 Å².